The minimum absolute atomic E-state index is 0.0571. The molecule has 0 bridgehead atoms. The standard InChI is InChI=1S/C33H34N2O6S/c1-7-39-25-15-13-21(23-11-9-10-12-24(23)25)18-28-31(36)35-30(22-14-16-26(41-19(3)4)27(17-22)38-6)29(32(37)40-8-2)20(5)34-33(35)42-28/h9-19,30H,7-8H2,1-6H3. The average Bonchev–Trinajstić information content (AvgIpc) is 3.27. The Morgan fingerprint density at radius 3 is 2.45 bits per heavy atom. The fraction of sp³-hybridized carbons (Fsp3) is 0.303. The summed E-state index contributed by atoms with van der Waals surface area (Å²) in [6.07, 6.45) is 1.82. The minimum Gasteiger partial charge on any atom is -0.493 e. The molecular formula is C33H34N2O6S. The summed E-state index contributed by atoms with van der Waals surface area (Å²) < 4.78 is 24.9. The van der Waals surface area contributed by atoms with Gasteiger partial charge < -0.3 is 18.9 Å². The second-order valence-electron chi connectivity index (χ2n) is 10.0. The Labute approximate surface area is 248 Å². The van der Waals surface area contributed by atoms with E-state index in [1.54, 1.807) is 37.7 Å². The van der Waals surface area contributed by atoms with E-state index in [-0.39, 0.29) is 18.3 Å². The van der Waals surface area contributed by atoms with Crippen LogP contribution in [-0.2, 0) is 9.53 Å². The van der Waals surface area contributed by atoms with E-state index in [2.05, 4.69) is 0 Å². The molecule has 0 saturated carbocycles. The van der Waals surface area contributed by atoms with Crippen LogP contribution in [0.2, 0.25) is 0 Å². The Morgan fingerprint density at radius 2 is 1.76 bits per heavy atom. The molecular weight excluding hydrogens is 552 g/mol. The predicted octanol–water partition coefficient (Wildman–Crippen LogP) is 5.15. The van der Waals surface area contributed by atoms with Crippen molar-refractivity contribution < 1.29 is 23.7 Å². The van der Waals surface area contributed by atoms with Gasteiger partial charge in [-0.3, -0.25) is 9.36 Å². The number of fused-ring (bicyclic) bond motifs is 2. The van der Waals surface area contributed by atoms with E-state index in [1.165, 1.54) is 11.3 Å². The van der Waals surface area contributed by atoms with E-state index >= 15 is 0 Å². The van der Waals surface area contributed by atoms with Crippen molar-refractivity contribution in [3.63, 3.8) is 0 Å². The first-order valence-corrected chi connectivity index (χ1v) is 14.8. The lowest BCUT2D eigenvalue weighted by Crippen LogP contribution is -2.40. The Balaban J connectivity index is 1.72. The van der Waals surface area contributed by atoms with Crippen molar-refractivity contribution in [3.8, 4) is 17.2 Å². The number of rotatable bonds is 9. The lowest BCUT2D eigenvalue weighted by molar-refractivity contribution is -0.139. The van der Waals surface area contributed by atoms with Crippen molar-refractivity contribution in [1.29, 1.82) is 0 Å². The molecule has 4 aromatic rings. The molecule has 0 saturated heterocycles. The summed E-state index contributed by atoms with van der Waals surface area (Å²) in [5.41, 5.74) is 2.12. The third-order valence-electron chi connectivity index (χ3n) is 6.89. The van der Waals surface area contributed by atoms with Gasteiger partial charge in [0.2, 0.25) is 0 Å². The van der Waals surface area contributed by atoms with Crippen LogP contribution < -0.4 is 29.1 Å². The maximum Gasteiger partial charge on any atom is 0.338 e. The van der Waals surface area contributed by atoms with Crippen molar-refractivity contribution in [3.05, 3.63) is 96.7 Å². The van der Waals surface area contributed by atoms with Crippen LogP contribution in [0.15, 0.2) is 75.7 Å². The number of esters is 1. The molecule has 1 atom stereocenters. The van der Waals surface area contributed by atoms with Crippen molar-refractivity contribution in [2.45, 2.75) is 46.8 Å². The van der Waals surface area contributed by atoms with Crippen molar-refractivity contribution in [2.75, 3.05) is 20.3 Å². The lowest BCUT2D eigenvalue weighted by atomic mass is 9.95. The largest absolute Gasteiger partial charge is 0.493 e. The monoisotopic (exact) mass is 586 g/mol. The Hall–Kier alpha value is -4.37. The normalized spacial score (nSPS) is 15.0. The van der Waals surface area contributed by atoms with Crippen LogP contribution in [0.5, 0.6) is 17.2 Å². The van der Waals surface area contributed by atoms with Crippen LogP contribution in [0.3, 0.4) is 0 Å². The summed E-state index contributed by atoms with van der Waals surface area (Å²) in [6.45, 7) is 10.1. The highest BCUT2D eigenvalue weighted by atomic mass is 32.1. The molecule has 0 radical (unpaired) electrons. The number of carbonyl (C=O) groups excluding carboxylic acids is 1. The number of nitrogens with zero attached hydrogens (tertiary/aromatic N) is 2. The number of hydrogen-bond donors (Lipinski definition) is 0. The van der Waals surface area contributed by atoms with Gasteiger partial charge in [0.05, 0.1) is 48.3 Å². The van der Waals surface area contributed by atoms with Gasteiger partial charge in [0.1, 0.15) is 5.75 Å². The molecule has 0 spiro atoms. The molecule has 3 aromatic carbocycles. The molecule has 0 aliphatic carbocycles. The van der Waals surface area contributed by atoms with Crippen LogP contribution in [0.4, 0.5) is 0 Å². The second kappa shape index (κ2) is 12.2. The quantitative estimate of drug-likeness (QED) is 0.252. The molecule has 218 valence electrons. The molecule has 0 amide bonds. The molecule has 8 nitrogen and oxygen atoms in total. The molecule has 5 rings (SSSR count). The molecule has 1 aromatic heterocycles. The first-order valence-electron chi connectivity index (χ1n) is 14.0. The zero-order valence-electron chi connectivity index (χ0n) is 24.6. The zero-order chi connectivity index (χ0) is 30.0. The van der Waals surface area contributed by atoms with E-state index in [0.29, 0.717) is 44.3 Å². The van der Waals surface area contributed by atoms with Crippen LogP contribution in [0, 0.1) is 0 Å². The minimum atomic E-state index is -0.762. The van der Waals surface area contributed by atoms with E-state index in [9.17, 15) is 9.59 Å². The summed E-state index contributed by atoms with van der Waals surface area (Å²) in [5.74, 6) is 1.35. The first-order chi connectivity index (χ1) is 20.3. The third kappa shape index (κ3) is 5.44. The summed E-state index contributed by atoms with van der Waals surface area (Å²) in [5, 5.41) is 1.94. The summed E-state index contributed by atoms with van der Waals surface area (Å²) in [4.78, 5) is 32.6. The van der Waals surface area contributed by atoms with Crippen molar-refractivity contribution in [1.82, 2.24) is 4.57 Å². The summed E-state index contributed by atoms with van der Waals surface area (Å²) >= 11 is 1.29. The number of allylic oxidation sites excluding steroid dienone is 1. The molecule has 1 aliphatic rings. The molecule has 42 heavy (non-hydrogen) atoms. The molecule has 9 heteroatoms. The van der Waals surface area contributed by atoms with Gasteiger partial charge in [-0.25, -0.2) is 9.79 Å². The smallest absolute Gasteiger partial charge is 0.338 e. The SMILES string of the molecule is CCOC(=O)C1=C(C)N=c2sc(=Cc3ccc(OCC)c4ccccc34)c(=O)n2C1c1ccc(OC(C)C)c(OC)c1. The van der Waals surface area contributed by atoms with Crippen LogP contribution in [0.1, 0.15) is 51.8 Å². The Kier molecular flexibility index (Phi) is 8.49. The number of thiazole rings is 1. The second-order valence-corrected chi connectivity index (χ2v) is 11.0. The maximum atomic E-state index is 14.1. The molecule has 2 heterocycles. The van der Waals surface area contributed by atoms with Crippen LogP contribution >= 0.6 is 11.3 Å². The van der Waals surface area contributed by atoms with E-state index in [4.69, 9.17) is 23.9 Å². The van der Waals surface area contributed by atoms with Gasteiger partial charge in [0.25, 0.3) is 5.56 Å². The average molecular weight is 587 g/mol. The van der Waals surface area contributed by atoms with E-state index < -0.39 is 12.0 Å². The maximum absolute atomic E-state index is 14.1. The summed E-state index contributed by atoms with van der Waals surface area (Å²) in [6, 6.07) is 16.5. The van der Waals surface area contributed by atoms with Gasteiger partial charge in [-0.1, -0.05) is 47.7 Å². The fourth-order valence-corrected chi connectivity index (χ4v) is 6.19. The number of aromatic nitrogens is 1. The molecule has 0 fully saturated rings. The van der Waals surface area contributed by atoms with Crippen molar-refractivity contribution in [2.24, 2.45) is 4.99 Å². The van der Waals surface area contributed by atoms with E-state index in [1.807, 2.05) is 69.3 Å². The Morgan fingerprint density at radius 1 is 1.02 bits per heavy atom. The van der Waals surface area contributed by atoms with Gasteiger partial charge >= 0.3 is 5.97 Å². The first kappa shape index (κ1) is 29.1. The van der Waals surface area contributed by atoms with Gasteiger partial charge in [0, 0.05) is 5.39 Å². The Bertz CT molecular complexity index is 1870. The number of ether oxygens (including phenoxy) is 4. The lowest BCUT2D eigenvalue weighted by Gasteiger charge is -2.25. The molecule has 1 unspecified atom stereocenters. The number of methoxy groups -OCH3 is 1. The molecule has 0 N–H and O–H groups in total. The van der Waals surface area contributed by atoms with Gasteiger partial charge in [-0.15, -0.1) is 0 Å². The predicted molar refractivity (Wildman–Crippen MR) is 164 cm³/mol. The zero-order valence-corrected chi connectivity index (χ0v) is 25.4. The highest BCUT2D eigenvalue weighted by molar-refractivity contribution is 7.07. The highest BCUT2D eigenvalue weighted by Crippen LogP contribution is 2.36. The molecule has 1 aliphatic heterocycles. The van der Waals surface area contributed by atoms with Gasteiger partial charge in [-0.05, 0) is 75.4 Å². The van der Waals surface area contributed by atoms with E-state index in [0.717, 1.165) is 22.1 Å². The number of hydrogen-bond acceptors (Lipinski definition) is 8. The van der Waals surface area contributed by atoms with Crippen molar-refractivity contribution >= 4 is 34.2 Å². The number of benzene rings is 3. The van der Waals surface area contributed by atoms with Gasteiger partial charge in [0.15, 0.2) is 16.3 Å². The summed E-state index contributed by atoms with van der Waals surface area (Å²) in [7, 11) is 1.56. The number of carbonyl (C=O) groups is 1. The third-order valence-corrected chi connectivity index (χ3v) is 7.87. The van der Waals surface area contributed by atoms with Crippen LogP contribution in [0.25, 0.3) is 16.8 Å². The topological polar surface area (TPSA) is 88.4 Å². The van der Waals surface area contributed by atoms with Gasteiger partial charge in [-0.2, -0.15) is 0 Å². The van der Waals surface area contributed by atoms with Crippen LogP contribution in [-0.4, -0.2) is 37.0 Å². The highest BCUT2D eigenvalue weighted by Gasteiger charge is 2.34. The fourth-order valence-electron chi connectivity index (χ4n) is 5.16.